The van der Waals surface area contributed by atoms with E-state index in [1.807, 2.05) is 23.0 Å². The van der Waals surface area contributed by atoms with Crippen LogP contribution >= 0.6 is 11.6 Å². The molecule has 0 aliphatic carbocycles. The van der Waals surface area contributed by atoms with E-state index in [0.717, 1.165) is 18.5 Å². The number of aryl methyl sites for hydroxylation is 1. The van der Waals surface area contributed by atoms with Crippen LogP contribution in [0.2, 0.25) is 5.02 Å². The largest absolute Gasteiger partial charge is 0.454 e. The highest BCUT2D eigenvalue weighted by molar-refractivity contribution is 6.31. The van der Waals surface area contributed by atoms with Gasteiger partial charge in [0.15, 0.2) is 5.75 Å². The molecule has 4 nitrogen and oxygen atoms in total. The summed E-state index contributed by atoms with van der Waals surface area (Å²) in [5.74, 6) is 1.40. The number of hydrogen-bond donors (Lipinski definition) is 1. The number of benzene rings is 1. The Labute approximate surface area is 111 Å². The normalized spacial score (nSPS) is 10.6. The molecule has 18 heavy (non-hydrogen) atoms. The van der Waals surface area contributed by atoms with Gasteiger partial charge in [0, 0.05) is 18.1 Å². The highest BCUT2D eigenvalue weighted by Crippen LogP contribution is 2.26. The van der Waals surface area contributed by atoms with E-state index >= 15 is 0 Å². The second kappa shape index (κ2) is 5.89. The summed E-state index contributed by atoms with van der Waals surface area (Å²) in [5, 5.41) is 4.82. The summed E-state index contributed by atoms with van der Waals surface area (Å²) in [7, 11) is 0. The van der Waals surface area contributed by atoms with Gasteiger partial charge in [0.25, 0.3) is 0 Å². The first-order chi connectivity index (χ1) is 8.72. The number of halogens is 1. The Morgan fingerprint density at radius 3 is 2.89 bits per heavy atom. The van der Waals surface area contributed by atoms with Gasteiger partial charge >= 0.3 is 0 Å². The molecule has 96 valence electrons. The van der Waals surface area contributed by atoms with Crippen LogP contribution in [0.5, 0.6) is 11.5 Å². The third-order valence-electron chi connectivity index (χ3n) is 2.54. The van der Waals surface area contributed by atoms with Gasteiger partial charge in [0.05, 0.1) is 12.4 Å². The summed E-state index contributed by atoms with van der Waals surface area (Å²) in [6, 6.07) is 5.49. The predicted octanol–water partition coefficient (Wildman–Crippen LogP) is 3.20. The number of nitrogens with zero attached hydrogens (tertiary/aromatic N) is 2. The van der Waals surface area contributed by atoms with E-state index in [2.05, 4.69) is 12.0 Å². The Morgan fingerprint density at radius 1 is 1.39 bits per heavy atom. The van der Waals surface area contributed by atoms with Crippen LogP contribution in [-0.2, 0) is 13.1 Å². The highest BCUT2D eigenvalue weighted by atomic mass is 35.5. The van der Waals surface area contributed by atoms with E-state index in [1.165, 1.54) is 0 Å². The van der Waals surface area contributed by atoms with Crippen LogP contribution < -0.4 is 10.5 Å². The third-order valence-corrected chi connectivity index (χ3v) is 2.89. The molecule has 5 heteroatoms. The molecule has 0 aliphatic rings. The lowest BCUT2D eigenvalue weighted by Crippen LogP contribution is -1.97. The SMILES string of the molecule is CCCn1cc(Oc2ccc(CN)c(Cl)c2)cn1. The van der Waals surface area contributed by atoms with Gasteiger partial charge in [-0.05, 0) is 24.1 Å². The van der Waals surface area contributed by atoms with Crippen LogP contribution in [-0.4, -0.2) is 9.78 Å². The van der Waals surface area contributed by atoms with Crippen LogP contribution in [0.3, 0.4) is 0 Å². The van der Waals surface area contributed by atoms with Crippen LogP contribution in [0.15, 0.2) is 30.6 Å². The first-order valence-corrected chi connectivity index (χ1v) is 6.29. The summed E-state index contributed by atoms with van der Waals surface area (Å²) in [4.78, 5) is 0. The van der Waals surface area contributed by atoms with Crippen molar-refractivity contribution in [1.82, 2.24) is 9.78 Å². The zero-order valence-electron chi connectivity index (χ0n) is 10.3. The fraction of sp³-hybridized carbons (Fsp3) is 0.308. The molecule has 2 N–H and O–H groups in total. The molecule has 0 radical (unpaired) electrons. The lowest BCUT2D eigenvalue weighted by molar-refractivity contribution is 0.480. The van der Waals surface area contributed by atoms with Gasteiger partial charge in [-0.25, -0.2) is 0 Å². The minimum atomic E-state index is 0.424. The molecule has 0 atom stereocenters. The molecule has 2 rings (SSSR count). The maximum atomic E-state index is 6.07. The van der Waals surface area contributed by atoms with Crippen LogP contribution in [0.25, 0.3) is 0 Å². The minimum absolute atomic E-state index is 0.424. The fourth-order valence-electron chi connectivity index (χ4n) is 1.64. The smallest absolute Gasteiger partial charge is 0.165 e. The Hall–Kier alpha value is -1.52. The van der Waals surface area contributed by atoms with Crippen LogP contribution in [0, 0.1) is 0 Å². The lowest BCUT2D eigenvalue weighted by Gasteiger charge is -2.05. The number of hydrogen-bond acceptors (Lipinski definition) is 3. The third kappa shape index (κ3) is 3.03. The number of rotatable bonds is 5. The van der Waals surface area contributed by atoms with E-state index in [1.54, 1.807) is 12.3 Å². The maximum Gasteiger partial charge on any atom is 0.165 e. The second-order valence-electron chi connectivity index (χ2n) is 4.00. The molecule has 0 amide bonds. The molecule has 0 fully saturated rings. The molecule has 0 spiro atoms. The summed E-state index contributed by atoms with van der Waals surface area (Å²) in [6.45, 7) is 3.41. The number of nitrogens with two attached hydrogens (primary N) is 1. The molecule has 0 saturated carbocycles. The number of aromatic nitrogens is 2. The molecule has 1 aromatic heterocycles. The average molecular weight is 266 g/mol. The van der Waals surface area contributed by atoms with Crippen molar-refractivity contribution in [3.63, 3.8) is 0 Å². The van der Waals surface area contributed by atoms with Gasteiger partial charge in [-0.3, -0.25) is 4.68 Å². The summed E-state index contributed by atoms with van der Waals surface area (Å²) in [6.07, 6.45) is 4.60. The van der Waals surface area contributed by atoms with Crippen molar-refractivity contribution >= 4 is 11.6 Å². The van der Waals surface area contributed by atoms with Crippen LogP contribution in [0.1, 0.15) is 18.9 Å². The highest BCUT2D eigenvalue weighted by Gasteiger charge is 2.04. The van der Waals surface area contributed by atoms with E-state index in [4.69, 9.17) is 22.1 Å². The fourth-order valence-corrected chi connectivity index (χ4v) is 1.89. The van der Waals surface area contributed by atoms with Gasteiger partial charge < -0.3 is 10.5 Å². The van der Waals surface area contributed by atoms with Crippen molar-refractivity contribution in [3.05, 3.63) is 41.2 Å². The summed E-state index contributed by atoms with van der Waals surface area (Å²) in [5.41, 5.74) is 6.46. The van der Waals surface area contributed by atoms with Gasteiger partial charge in [-0.15, -0.1) is 0 Å². The molecular formula is C13H16ClN3O. The van der Waals surface area contributed by atoms with Crippen molar-refractivity contribution in [1.29, 1.82) is 0 Å². The van der Waals surface area contributed by atoms with E-state index in [0.29, 0.717) is 23.1 Å². The van der Waals surface area contributed by atoms with Gasteiger partial charge in [-0.2, -0.15) is 5.10 Å². The summed E-state index contributed by atoms with van der Waals surface area (Å²) >= 11 is 6.07. The van der Waals surface area contributed by atoms with Gasteiger partial charge in [-0.1, -0.05) is 24.6 Å². The standard InChI is InChI=1S/C13H16ClN3O/c1-2-5-17-9-12(8-16-17)18-11-4-3-10(7-15)13(14)6-11/h3-4,6,8-9H,2,5,7,15H2,1H3. The first-order valence-electron chi connectivity index (χ1n) is 5.91. The average Bonchev–Trinajstić information content (AvgIpc) is 2.77. The zero-order chi connectivity index (χ0) is 13.0. The predicted molar refractivity (Wildman–Crippen MR) is 71.9 cm³/mol. The molecular weight excluding hydrogens is 250 g/mol. The molecule has 0 bridgehead atoms. The lowest BCUT2D eigenvalue weighted by atomic mass is 10.2. The van der Waals surface area contributed by atoms with E-state index in [-0.39, 0.29) is 0 Å². The second-order valence-corrected chi connectivity index (χ2v) is 4.41. The Kier molecular flexibility index (Phi) is 4.23. The molecule has 1 aromatic carbocycles. The van der Waals surface area contributed by atoms with Gasteiger partial charge in [0.2, 0.25) is 0 Å². The topological polar surface area (TPSA) is 53.1 Å². The van der Waals surface area contributed by atoms with Crippen molar-refractivity contribution in [3.8, 4) is 11.5 Å². The Balaban J connectivity index is 2.10. The molecule has 0 aliphatic heterocycles. The van der Waals surface area contributed by atoms with Crippen molar-refractivity contribution in [2.75, 3.05) is 0 Å². The van der Waals surface area contributed by atoms with Crippen molar-refractivity contribution in [2.24, 2.45) is 5.73 Å². The first kappa shape index (κ1) is 12.9. The van der Waals surface area contributed by atoms with E-state index in [9.17, 15) is 0 Å². The maximum absolute atomic E-state index is 6.07. The Morgan fingerprint density at radius 2 is 2.22 bits per heavy atom. The number of ether oxygens (including phenoxy) is 1. The quantitative estimate of drug-likeness (QED) is 0.903. The molecule has 0 saturated heterocycles. The van der Waals surface area contributed by atoms with E-state index < -0.39 is 0 Å². The minimum Gasteiger partial charge on any atom is -0.454 e. The molecule has 2 aromatic rings. The van der Waals surface area contributed by atoms with Crippen LogP contribution in [0.4, 0.5) is 0 Å². The summed E-state index contributed by atoms with van der Waals surface area (Å²) < 4.78 is 7.53. The molecule has 1 heterocycles. The molecule has 0 unspecified atom stereocenters. The Bertz CT molecular complexity index is 525. The monoisotopic (exact) mass is 265 g/mol. The zero-order valence-corrected chi connectivity index (χ0v) is 11.0. The van der Waals surface area contributed by atoms with Crippen molar-refractivity contribution in [2.45, 2.75) is 26.4 Å². The van der Waals surface area contributed by atoms with Gasteiger partial charge in [0.1, 0.15) is 5.75 Å². The van der Waals surface area contributed by atoms with Crippen molar-refractivity contribution < 1.29 is 4.74 Å².